The second kappa shape index (κ2) is 8.09. The van der Waals surface area contributed by atoms with E-state index in [0.717, 1.165) is 27.9 Å². The van der Waals surface area contributed by atoms with Crippen LogP contribution >= 0.6 is 11.3 Å². The fraction of sp³-hybridized carbons (Fsp3) is 0.364. The van der Waals surface area contributed by atoms with Crippen LogP contribution in [0.1, 0.15) is 62.1 Å². The monoisotopic (exact) mass is 382 g/mol. The van der Waals surface area contributed by atoms with Crippen molar-refractivity contribution in [2.24, 2.45) is 0 Å². The van der Waals surface area contributed by atoms with Crippen molar-refractivity contribution in [3.8, 4) is 10.8 Å². The van der Waals surface area contributed by atoms with Crippen molar-refractivity contribution in [1.82, 2.24) is 4.98 Å². The van der Waals surface area contributed by atoms with Gasteiger partial charge in [-0.2, -0.15) is 0 Å². The lowest BCUT2D eigenvalue weighted by Gasteiger charge is -2.17. The molecule has 3 aromatic rings. The van der Waals surface area contributed by atoms with Crippen LogP contribution in [-0.2, 0) is 11.2 Å². The van der Waals surface area contributed by atoms with Gasteiger partial charge in [0.2, 0.25) is 5.91 Å². The maximum absolute atomic E-state index is 12.6. The summed E-state index contributed by atoms with van der Waals surface area (Å²) < 4.78 is 5.60. The van der Waals surface area contributed by atoms with Gasteiger partial charge in [0.05, 0.1) is 12.1 Å². The molecule has 5 heteroatoms. The quantitative estimate of drug-likeness (QED) is 0.557. The molecule has 3 rings (SSSR count). The fourth-order valence-electron chi connectivity index (χ4n) is 2.94. The molecule has 0 atom stereocenters. The Kier molecular flexibility index (Phi) is 5.80. The average molecular weight is 383 g/mol. The van der Waals surface area contributed by atoms with Crippen LogP contribution in [0, 0.1) is 6.92 Å². The number of aromatic nitrogens is 1. The number of thiazole rings is 1. The number of hydrogen-bond donors (Lipinski definition) is 1. The molecule has 0 radical (unpaired) electrons. The molecule has 0 saturated heterocycles. The molecule has 0 unspecified atom stereocenters. The van der Waals surface area contributed by atoms with Crippen LogP contribution in [0.3, 0.4) is 0 Å². The smallest absolute Gasteiger partial charge is 0.230 e. The van der Waals surface area contributed by atoms with E-state index in [-0.39, 0.29) is 12.3 Å². The summed E-state index contributed by atoms with van der Waals surface area (Å²) in [6.07, 6.45) is 0.250. The summed E-state index contributed by atoms with van der Waals surface area (Å²) in [5.41, 5.74) is 4.09. The number of hydrogen-bond acceptors (Lipinski definition) is 4. The Morgan fingerprint density at radius 2 is 1.93 bits per heavy atom. The summed E-state index contributed by atoms with van der Waals surface area (Å²) in [7, 11) is 0. The number of anilines is 1. The van der Waals surface area contributed by atoms with Gasteiger partial charge in [0.25, 0.3) is 0 Å². The maximum Gasteiger partial charge on any atom is 0.230 e. The largest absolute Gasteiger partial charge is 0.459 e. The number of carbonyl (C=O) groups excluding carboxylic acids is 1. The molecule has 2 aromatic heterocycles. The second-order valence-electron chi connectivity index (χ2n) is 7.44. The van der Waals surface area contributed by atoms with Crippen LogP contribution in [0.15, 0.2) is 40.1 Å². The number of benzene rings is 1. The standard InChI is InChI=1S/C22H26N2O2S/c1-13(2)16-7-8-19(18(10-16)14(3)4)24-21(25)11-17-12-27-22(23-17)20-9-6-15(5)26-20/h6-10,12-14H,11H2,1-5H3,(H,24,25). The second-order valence-corrected chi connectivity index (χ2v) is 8.29. The topological polar surface area (TPSA) is 55.1 Å². The number of furan rings is 1. The van der Waals surface area contributed by atoms with E-state index in [4.69, 9.17) is 4.42 Å². The molecule has 0 spiro atoms. The lowest BCUT2D eigenvalue weighted by atomic mass is 9.94. The Morgan fingerprint density at radius 3 is 2.56 bits per heavy atom. The lowest BCUT2D eigenvalue weighted by molar-refractivity contribution is -0.115. The Labute approximate surface area is 164 Å². The molecule has 0 aliphatic rings. The number of carbonyl (C=O) groups is 1. The van der Waals surface area contributed by atoms with Crippen LogP contribution < -0.4 is 5.32 Å². The molecule has 27 heavy (non-hydrogen) atoms. The summed E-state index contributed by atoms with van der Waals surface area (Å²) >= 11 is 1.49. The molecule has 1 aromatic carbocycles. The highest BCUT2D eigenvalue weighted by atomic mass is 32.1. The summed E-state index contributed by atoms with van der Waals surface area (Å²) in [6, 6.07) is 10.1. The van der Waals surface area contributed by atoms with Gasteiger partial charge < -0.3 is 9.73 Å². The third-order valence-corrected chi connectivity index (χ3v) is 5.39. The number of rotatable bonds is 6. The predicted molar refractivity (Wildman–Crippen MR) is 112 cm³/mol. The summed E-state index contributed by atoms with van der Waals surface area (Å²) in [5, 5.41) is 5.78. The summed E-state index contributed by atoms with van der Waals surface area (Å²) in [5.74, 6) is 2.35. The van der Waals surface area contributed by atoms with Crippen molar-refractivity contribution in [3.05, 3.63) is 58.3 Å². The van der Waals surface area contributed by atoms with Gasteiger partial charge in [-0.15, -0.1) is 11.3 Å². The van der Waals surface area contributed by atoms with E-state index in [1.807, 2.05) is 30.5 Å². The molecular weight excluding hydrogens is 356 g/mol. The van der Waals surface area contributed by atoms with E-state index in [1.165, 1.54) is 22.5 Å². The molecule has 2 heterocycles. The molecule has 142 valence electrons. The highest BCUT2D eigenvalue weighted by Gasteiger charge is 2.15. The number of amides is 1. The van der Waals surface area contributed by atoms with Crippen LogP contribution in [0.4, 0.5) is 5.69 Å². The highest BCUT2D eigenvalue weighted by molar-refractivity contribution is 7.13. The predicted octanol–water partition coefficient (Wildman–Crippen LogP) is 6.14. The molecule has 0 aliphatic heterocycles. The molecule has 0 saturated carbocycles. The Balaban J connectivity index is 1.72. The van der Waals surface area contributed by atoms with E-state index in [2.05, 4.69) is 50.1 Å². The normalized spacial score (nSPS) is 11.4. The minimum absolute atomic E-state index is 0.0540. The first-order chi connectivity index (χ1) is 12.8. The Morgan fingerprint density at radius 1 is 1.15 bits per heavy atom. The first kappa shape index (κ1) is 19.4. The first-order valence-corrected chi connectivity index (χ1v) is 10.2. The van der Waals surface area contributed by atoms with Crippen molar-refractivity contribution in [2.75, 3.05) is 5.32 Å². The van der Waals surface area contributed by atoms with E-state index in [1.54, 1.807) is 0 Å². The fourth-order valence-corrected chi connectivity index (χ4v) is 3.72. The molecule has 0 bridgehead atoms. The van der Waals surface area contributed by atoms with Crippen LogP contribution in [0.5, 0.6) is 0 Å². The van der Waals surface area contributed by atoms with Crippen LogP contribution in [0.2, 0.25) is 0 Å². The minimum Gasteiger partial charge on any atom is -0.459 e. The molecule has 1 N–H and O–H groups in total. The van der Waals surface area contributed by atoms with Crippen molar-refractivity contribution >= 4 is 22.9 Å². The van der Waals surface area contributed by atoms with E-state index >= 15 is 0 Å². The van der Waals surface area contributed by atoms with Gasteiger partial charge in [-0.25, -0.2) is 4.98 Å². The number of nitrogens with zero attached hydrogens (tertiary/aromatic N) is 1. The lowest BCUT2D eigenvalue weighted by Crippen LogP contribution is -2.16. The van der Waals surface area contributed by atoms with Gasteiger partial charge >= 0.3 is 0 Å². The zero-order valence-corrected chi connectivity index (χ0v) is 17.3. The Bertz CT molecular complexity index is 937. The Hall–Kier alpha value is -2.40. The zero-order valence-electron chi connectivity index (χ0n) is 16.5. The van der Waals surface area contributed by atoms with Gasteiger partial charge in [0, 0.05) is 11.1 Å². The highest BCUT2D eigenvalue weighted by Crippen LogP contribution is 2.29. The van der Waals surface area contributed by atoms with Crippen molar-refractivity contribution in [3.63, 3.8) is 0 Å². The van der Waals surface area contributed by atoms with Gasteiger partial charge in [-0.3, -0.25) is 4.79 Å². The van der Waals surface area contributed by atoms with E-state index in [9.17, 15) is 4.79 Å². The SMILES string of the molecule is Cc1ccc(-c2nc(CC(=O)Nc3ccc(C(C)C)cc3C(C)C)cs2)o1. The molecule has 4 nitrogen and oxygen atoms in total. The van der Waals surface area contributed by atoms with Crippen molar-refractivity contribution in [2.45, 2.75) is 52.9 Å². The maximum atomic E-state index is 12.6. The zero-order chi connectivity index (χ0) is 19.6. The summed E-state index contributed by atoms with van der Waals surface area (Å²) in [6.45, 7) is 10.6. The van der Waals surface area contributed by atoms with Gasteiger partial charge in [-0.1, -0.05) is 39.8 Å². The summed E-state index contributed by atoms with van der Waals surface area (Å²) in [4.78, 5) is 17.1. The van der Waals surface area contributed by atoms with Gasteiger partial charge in [-0.05, 0) is 48.1 Å². The molecule has 0 fully saturated rings. The number of aryl methyl sites for hydroxylation is 1. The molecular formula is C22H26N2O2S. The third-order valence-electron chi connectivity index (χ3n) is 4.48. The van der Waals surface area contributed by atoms with Gasteiger partial charge in [0.15, 0.2) is 10.8 Å². The molecule has 0 aliphatic carbocycles. The number of nitrogens with one attached hydrogen (secondary N) is 1. The van der Waals surface area contributed by atoms with Crippen molar-refractivity contribution < 1.29 is 9.21 Å². The van der Waals surface area contributed by atoms with Crippen LogP contribution in [-0.4, -0.2) is 10.9 Å². The molecule has 1 amide bonds. The van der Waals surface area contributed by atoms with Gasteiger partial charge in [0.1, 0.15) is 5.76 Å². The van der Waals surface area contributed by atoms with Crippen LogP contribution in [0.25, 0.3) is 10.8 Å². The van der Waals surface area contributed by atoms with Crippen molar-refractivity contribution in [1.29, 1.82) is 0 Å². The average Bonchev–Trinajstić information content (AvgIpc) is 3.23. The third kappa shape index (κ3) is 4.66. The van der Waals surface area contributed by atoms with E-state index < -0.39 is 0 Å². The van der Waals surface area contributed by atoms with E-state index in [0.29, 0.717) is 11.8 Å². The minimum atomic E-state index is -0.0540. The first-order valence-electron chi connectivity index (χ1n) is 9.28.